The van der Waals surface area contributed by atoms with Gasteiger partial charge in [0.15, 0.2) is 0 Å². The fourth-order valence-corrected chi connectivity index (χ4v) is 3.15. The third-order valence-corrected chi connectivity index (χ3v) is 4.38. The second-order valence-corrected chi connectivity index (χ2v) is 5.97. The van der Waals surface area contributed by atoms with Crippen molar-refractivity contribution < 1.29 is 0 Å². The molecule has 1 nitrogen and oxygen atoms in total. The highest BCUT2D eigenvalue weighted by molar-refractivity contribution is 7.99. The standard InChI is InChI=1S/C16H18ClNS/c1-18-15(11-13-6-5-7-14(17)10-13)12-19-16-8-3-2-4-9-16/h2-10,15,18H,11-12H2,1H3. The van der Waals surface area contributed by atoms with Gasteiger partial charge in [0.25, 0.3) is 0 Å². The molecule has 1 N–H and O–H groups in total. The van der Waals surface area contributed by atoms with Crippen LogP contribution in [0.1, 0.15) is 5.56 Å². The van der Waals surface area contributed by atoms with Crippen molar-refractivity contribution in [3.05, 3.63) is 65.2 Å². The maximum Gasteiger partial charge on any atom is 0.0408 e. The molecule has 2 aromatic rings. The second-order valence-electron chi connectivity index (χ2n) is 4.44. The molecule has 0 amide bonds. The Hall–Kier alpha value is -0.960. The number of halogens is 1. The summed E-state index contributed by atoms with van der Waals surface area (Å²) in [4.78, 5) is 1.31. The van der Waals surface area contributed by atoms with E-state index in [-0.39, 0.29) is 0 Å². The smallest absolute Gasteiger partial charge is 0.0408 e. The second kappa shape index (κ2) is 7.59. The van der Waals surface area contributed by atoms with Gasteiger partial charge in [-0.05, 0) is 43.3 Å². The van der Waals surface area contributed by atoms with Crippen LogP contribution in [0.15, 0.2) is 59.5 Å². The summed E-state index contributed by atoms with van der Waals surface area (Å²) in [5, 5.41) is 4.18. The van der Waals surface area contributed by atoms with Crippen LogP contribution in [0.5, 0.6) is 0 Å². The van der Waals surface area contributed by atoms with E-state index in [4.69, 9.17) is 11.6 Å². The molecule has 0 aliphatic heterocycles. The maximum absolute atomic E-state index is 6.02. The van der Waals surface area contributed by atoms with Gasteiger partial charge in [0, 0.05) is 21.7 Å². The van der Waals surface area contributed by atoms with Crippen LogP contribution < -0.4 is 5.32 Å². The van der Waals surface area contributed by atoms with Crippen molar-refractivity contribution in [3.8, 4) is 0 Å². The van der Waals surface area contributed by atoms with Gasteiger partial charge < -0.3 is 5.32 Å². The normalized spacial score (nSPS) is 12.3. The summed E-state index contributed by atoms with van der Waals surface area (Å²) in [5.41, 5.74) is 1.28. The first kappa shape index (κ1) is 14.4. The van der Waals surface area contributed by atoms with Gasteiger partial charge in [0.1, 0.15) is 0 Å². The van der Waals surface area contributed by atoms with Gasteiger partial charge in [0.05, 0.1) is 0 Å². The minimum atomic E-state index is 0.448. The quantitative estimate of drug-likeness (QED) is 0.798. The summed E-state index contributed by atoms with van der Waals surface area (Å²) < 4.78 is 0. The molecule has 0 spiro atoms. The molecule has 2 aromatic carbocycles. The molecule has 3 heteroatoms. The lowest BCUT2D eigenvalue weighted by atomic mass is 10.1. The van der Waals surface area contributed by atoms with Crippen LogP contribution in [0.25, 0.3) is 0 Å². The molecular weight excluding hydrogens is 274 g/mol. The van der Waals surface area contributed by atoms with Gasteiger partial charge in [-0.1, -0.05) is 41.9 Å². The zero-order valence-corrected chi connectivity index (χ0v) is 12.5. The van der Waals surface area contributed by atoms with E-state index in [0.29, 0.717) is 6.04 Å². The molecule has 0 aliphatic rings. The van der Waals surface area contributed by atoms with Crippen LogP contribution in [0.4, 0.5) is 0 Å². The summed E-state index contributed by atoms with van der Waals surface area (Å²) in [6, 6.07) is 19.0. The lowest BCUT2D eigenvalue weighted by molar-refractivity contribution is 0.617. The average molecular weight is 292 g/mol. The van der Waals surface area contributed by atoms with E-state index in [1.165, 1.54) is 10.5 Å². The minimum absolute atomic E-state index is 0.448. The van der Waals surface area contributed by atoms with Crippen molar-refractivity contribution in [2.75, 3.05) is 12.8 Å². The molecule has 100 valence electrons. The van der Waals surface area contributed by atoms with Crippen LogP contribution in [0.3, 0.4) is 0 Å². The molecule has 0 heterocycles. The van der Waals surface area contributed by atoms with E-state index >= 15 is 0 Å². The average Bonchev–Trinajstić information content (AvgIpc) is 2.44. The first-order chi connectivity index (χ1) is 9.28. The van der Waals surface area contributed by atoms with Gasteiger partial charge >= 0.3 is 0 Å². The number of benzene rings is 2. The van der Waals surface area contributed by atoms with E-state index in [0.717, 1.165) is 17.2 Å². The van der Waals surface area contributed by atoms with Crippen LogP contribution >= 0.6 is 23.4 Å². The largest absolute Gasteiger partial charge is 0.316 e. The first-order valence-corrected chi connectivity index (χ1v) is 7.74. The molecule has 1 unspecified atom stereocenters. The van der Waals surface area contributed by atoms with Crippen molar-refractivity contribution >= 4 is 23.4 Å². The predicted octanol–water partition coefficient (Wildman–Crippen LogP) is 4.26. The molecule has 0 fully saturated rings. The fourth-order valence-electron chi connectivity index (χ4n) is 1.91. The third-order valence-electron chi connectivity index (χ3n) is 2.97. The highest BCUT2D eigenvalue weighted by Gasteiger charge is 2.08. The Bertz CT molecular complexity index is 501. The van der Waals surface area contributed by atoms with Crippen molar-refractivity contribution in [1.29, 1.82) is 0 Å². The van der Waals surface area contributed by atoms with Crippen LogP contribution in [-0.2, 0) is 6.42 Å². The molecule has 0 aliphatic carbocycles. The summed E-state index contributed by atoms with van der Waals surface area (Å²) in [5.74, 6) is 1.05. The third kappa shape index (κ3) is 4.90. The lowest BCUT2D eigenvalue weighted by Crippen LogP contribution is -2.30. The Kier molecular flexibility index (Phi) is 5.77. The van der Waals surface area contributed by atoms with Crippen LogP contribution in [0, 0.1) is 0 Å². The monoisotopic (exact) mass is 291 g/mol. The Morgan fingerprint density at radius 2 is 1.89 bits per heavy atom. The molecular formula is C16H18ClNS. The molecule has 0 radical (unpaired) electrons. The predicted molar refractivity (Wildman–Crippen MR) is 85.2 cm³/mol. The van der Waals surface area contributed by atoms with E-state index in [2.05, 4.69) is 35.6 Å². The van der Waals surface area contributed by atoms with Gasteiger partial charge in [-0.25, -0.2) is 0 Å². The number of hydrogen-bond donors (Lipinski definition) is 1. The van der Waals surface area contributed by atoms with Crippen molar-refractivity contribution in [2.45, 2.75) is 17.4 Å². The van der Waals surface area contributed by atoms with Gasteiger partial charge in [-0.3, -0.25) is 0 Å². The number of nitrogens with one attached hydrogen (secondary N) is 1. The summed E-state index contributed by atoms with van der Waals surface area (Å²) >= 11 is 7.90. The topological polar surface area (TPSA) is 12.0 Å². The van der Waals surface area contributed by atoms with Crippen molar-refractivity contribution in [3.63, 3.8) is 0 Å². The Balaban J connectivity index is 1.90. The molecule has 0 aromatic heterocycles. The van der Waals surface area contributed by atoms with E-state index < -0.39 is 0 Å². The van der Waals surface area contributed by atoms with Gasteiger partial charge in [-0.15, -0.1) is 11.8 Å². The minimum Gasteiger partial charge on any atom is -0.316 e. The fraction of sp³-hybridized carbons (Fsp3) is 0.250. The number of likely N-dealkylation sites (N-methyl/N-ethyl adjacent to an activating group) is 1. The molecule has 0 bridgehead atoms. The number of thioether (sulfide) groups is 1. The summed E-state index contributed by atoms with van der Waals surface area (Å²) in [6.07, 6.45) is 0.997. The lowest BCUT2D eigenvalue weighted by Gasteiger charge is -2.16. The van der Waals surface area contributed by atoms with Gasteiger partial charge in [0.2, 0.25) is 0 Å². The molecule has 0 saturated heterocycles. The van der Waals surface area contributed by atoms with E-state index in [9.17, 15) is 0 Å². The Morgan fingerprint density at radius 1 is 1.11 bits per heavy atom. The summed E-state index contributed by atoms with van der Waals surface area (Å²) in [7, 11) is 2.01. The van der Waals surface area contributed by atoms with Crippen molar-refractivity contribution in [2.24, 2.45) is 0 Å². The highest BCUT2D eigenvalue weighted by Crippen LogP contribution is 2.20. The Morgan fingerprint density at radius 3 is 2.58 bits per heavy atom. The number of hydrogen-bond acceptors (Lipinski definition) is 2. The zero-order valence-electron chi connectivity index (χ0n) is 11.0. The zero-order chi connectivity index (χ0) is 13.5. The molecule has 1 atom stereocenters. The number of rotatable bonds is 6. The van der Waals surface area contributed by atoms with E-state index in [1.54, 1.807) is 0 Å². The summed E-state index contributed by atoms with van der Waals surface area (Å²) in [6.45, 7) is 0. The van der Waals surface area contributed by atoms with Crippen LogP contribution in [-0.4, -0.2) is 18.8 Å². The van der Waals surface area contributed by atoms with Crippen LogP contribution in [0.2, 0.25) is 5.02 Å². The molecule has 2 rings (SSSR count). The Labute approximate surface area is 124 Å². The SMILES string of the molecule is CNC(CSc1ccccc1)Cc1cccc(Cl)c1. The van der Waals surface area contributed by atoms with Gasteiger partial charge in [-0.2, -0.15) is 0 Å². The maximum atomic E-state index is 6.02. The highest BCUT2D eigenvalue weighted by atomic mass is 35.5. The molecule has 0 saturated carbocycles. The first-order valence-electron chi connectivity index (χ1n) is 6.37. The van der Waals surface area contributed by atoms with Crippen molar-refractivity contribution in [1.82, 2.24) is 5.32 Å². The van der Waals surface area contributed by atoms with E-state index in [1.807, 2.05) is 43.1 Å². The molecule has 19 heavy (non-hydrogen) atoms.